The van der Waals surface area contributed by atoms with E-state index >= 15 is 0 Å². The van der Waals surface area contributed by atoms with Gasteiger partial charge in [-0.05, 0) is 36.6 Å². The Hall–Kier alpha value is -2.33. The predicted octanol–water partition coefficient (Wildman–Crippen LogP) is 3.51. The summed E-state index contributed by atoms with van der Waals surface area (Å²) in [5, 5.41) is 2.94. The van der Waals surface area contributed by atoms with Gasteiger partial charge in [0.1, 0.15) is 5.75 Å². The first kappa shape index (κ1) is 16.5. The Balaban J connectivity index is 1.47. The molecule has 1 fully saturated rings. The van der Waals surface area contributed by atoms with Crippen molar-refractivity contribution in [3.63, 3.8) is 0 Å². The molecule has 24 heavy (non-hydrogen) atoms. The molecule has 2 aromatic rings. The maximum atomic E-state index is 12.2. The fraction of sp³-hybridized carbons (Fsp3) is 0.350. The molecular formula is C20H24N2O2. The minimum atomic E-state index is 0.0302. The van der Waals surface area contributed by atoms with Crippen LogP contribution in [-0.4, -0.2) is 37.6 Å². The van der Waals surface area contributed by atoms with E-state index in [-0.39, 0.29) is 5.91 Å². The second-order valence-corrected chi connectivity index (χ2v) is 6.20. The summed E-state index contributed by atoms with van der Waals surface area (Å²) in [6.07, 6.45) is 1.66. The van der Waals surface area contributed by atoms with Crippen molar-refractivity contribution in [2.75, 3.05) is 32.1 Å². The summed E-state index contributed by atoms with van der Waals surface area (Å²) < 4.78 is 5.26. The zero-order chi connectivity index (χ0) is 16.8. The van der Waals surface area contributed by atoms with Crippen molar-refractivity contribution in [2.45, 2.75) is 18.8 Å². The van der Waals surface area contributed by atoms with Gasteiger partial charge in [0.25, 0.3) is 0 Å². The Morgan fingerprint density at radius 3 is 2.71 bits per heavy atom. The van der Waals surface area contributed by atoms with Gasteiger partial charge in [0.15, 0.2) is 0 Å². The molecule has 1 aliphatic heterocycles. The minimum Gasteiger partial charge on any atom is -0.495 e. The van der Waals surface area contributed by atoms with Gasteiger partial charge < -0.3 is 15.0 Å². The third kappa shape index (κ3) is 4.15. The fourth-order valence-electron chi connectivity index (χ4n) is 3.25. The van der Waals surface area contributed by atoms with Gasteiger partial charge >= 0.3 is 0 Å². The molecule has 0 spiro atoms. The molecule has 4 heteroatoms. The van der Waals surface area contributed by atoms with Gasteiger partial charge in [-0.3, -0.25) is 4.79 Å². The van der Waals surface area contributed by atoms with Crippen LogP contribution in [0.4, 0.5) is 5.69 Å². The maximum absolute atomic E-state index is 12.2. The van der Waals surface area contributed by atoms with Gasteiger partial charge in [-0.15, -0.1) is 0 Å². The largest absolute Gasteiger partial charge is 0.495 e. The van der Waals surface area contributed by atoms with Crippen molar-refractivity contribution in [3.8, 4) is 5.75 Å². The van der Waals surface area contributed by atoms with Crippen molar-refractivity contribution in [1.82, 2.24) is 4.90 Å². The topological polar surface area (TPSA) is 41.6 Å². The van der Waals surface area contributed by atoms with Gasteiger partial charge in [-0.2, -0.15) is 0 Å². The van der Waals surface area contributed by atoms with E-state index in [2.05, 4.69) is 40.5 Å². The van der Waals surface area contributed by atoms with E-state index in [1.807, 2.05) is 24.3 Å². The van der Waals surface area contributed by atoms with Crippen LogP contribution in [0.1, 0.15) is 24.3 Å². The van der Waals surface area contributed by atoms with E-state index in [1.54, 1.807) is 7.11 Å². The van der Waals surface area contributed by atoms with Crippen LogP contribution in [0.3, 0.4) is 0 Å². The van der Waals surface area contributed by atoms with Crippen LogP contribution >= 0.6 is 0 Å². The van der Waals surface area contributed by atoms with Crippen molar-refractivity contribution in [2.24, 2.45) is 0 Å². The van der Waals surface area contributed by atoms with Crippen molar-refractivity contribution >= 4 is 11.6 Å². The summed E-state index contributed by atoms with van der Waals surface area (Å²) in [5.41, 5.74) is 2.13. The van der Waals surface area contributed by atoms with Gasteiger partial charge in [0.2, 0.25) is 5.91 Å². The molecule has 1 aliphatic rings. The molecule has 0 radical (unpaired) electrons. The molecule has 1 heterocycles. The SMILES string of the molecule is COc1ccccc1NC(=O)CCN1CCC(c2ccccc2)C1. The van der Waals surface area contributed by atoms with E-state index in [0.29, 0.717) is 18.1 Å². The van der Waals surface area contributed by atoms with Crippen molar-refractivity contribution < 1.29 is 9.53 Å². The highest BCUT2D eigenvalue weighted by Crippen LogP contribution is 2.27. The Morgan fingerprint density at radius 2 is 1.92 bits per heavy atom. The molecule has 126 valence electrons. The number of methoxy groups -OCH3 is 1. The summed E-state index contributed by atoms with van der Waals surface area (Å²) in [7, 11) is 1.61. The van der Waals surface area contributed by atoms with E-state index in [0.717, 1.165) is 31.7 Å². The lowest BCUT2D eigenvalue weighted by atomic mass is 9.99. The molecule has 2 aromatic carbocycles. The molecule has 1 unspecified atom stereocenters. The molecular weight excluding hydrogens is 300 g/mol. The van der Waals surface area contributed by atoms with Crippen LogP contribution in [0.5, 0.6) is 5.75 Å². The average molecular weight is 324 g/mol. The van der Waals surface area contributed by atoms with Crippen LogP contribution in [0.2, 0.25) is 0 Å². The number of likely N-dealkylation sites (tertiary alicyclic amines) is 1. The number of hydrogen-bond donors (Lipinski definition) is 1. The van der Waals surface area contributed by atoms with Gasteiger partial charge in [0, 0.05) is 19.5 Å². The van der Waals surface area contributed by atoms with Crippen LogP contribution < -0.4 is 10.1 Å². The fourth-order valence-corrected chi connectivity index (χ4v) is 3.25. The first-order valence-electron chi connectivity index (χ1n) is 8.46. The maximum Gasteiger partial charge on any atom is 0.225 e. The first-order valence-corrected chi connectivity index (χ1v) is 8.46. The normalized spacial score (nSPS) is 17.6. The van der Waals surface area contributed by atoms with E-state index in [1.165, 1.54) is 5.56 Å². The molecule has 1 saturated heterocycles. The van der Waals surface area contributed by atoms with E-state index in [9.17, 15) is 4.79 Å². The zero-order valence-corrected chi connectivity index (χ0v) is 14.1. The number of anilines is 1. The summed E-state index contributed by atoms with van der Waals surface area (Å²) in [4.78, 5) is 14.6. The molecule has 3 rings (SSSR count). The quantitative estimate of drug-likeness (QED) is 0.884. The van der Waals surface area contributed by atoms with Gasteiger partial charge in [-0.1, -0.05) is 42.5 Å². The molecule has 0 saturated carbocycles. The molecule has 0 aliphatic carbocycles. The number of benzene rings is 2. The highest BCUT2D eigenvalue weighted by Gasteiger charge is 2.23. The molecule has 1 atom stereocenters. The van der Waals surface area contributed by atoms with Crippen molar-refractivity contribution in [1.29, 1.82) is 0 Å². The Bertz CT molecular complexity index is 672. The molecule has 1 amide bonds. The standard InChI is InChI=1S/C20H24N2O2/c1-24-19-10-6-5-9-18(19)21-20(23)12-14-22-13-11-17(15-22)16-7-3-2-4-8-16/h2-10,17H,11-15H2,1H3,(H,21,23). The minimum absolute atomic E-state index is 0.0302. The Morgan fingerprint density at radius 1 is 1.17 bits per heavy atom. The second-order valence-electron chi connectivity index (χ2n) is 6.20. The lowest BCUT2D eigenvalue weighted by molar-refractivity contribution is -0.116. The van der Waals surface area contributed by atoms with Crippen LogP contribution in [-0.2, 0) is 4.79 Å². The number of carbonyl (C=O) groups excluding carboxylic acids is 1. The average Bonchev–Trinajstić information content (AvgIpc) is 3.10. The number of nitrogens with zero attached hydrogens (tertiary/aromatic N) is 1. The molecule has 4 nitrogen and oxygen atoms in total. The van der Waals surface area contributed by atoms with Gasteiger partial charge in [-0.25, -0.2) is 0 Å². The smallest absolute Gasteiger partial charge is 0.225 e. The van der Waals surface area contributed by atoms with Crippen LogP contribution in [0.25, 0.3) is 0 Å². The molecule has 0 aromatic heterocycles. The summed E-state index contributed by atoms with van der Waals surface area (Å²) in [5.74, 6) is 1.31. The summed E-state index contributed by atoms with van der Waals surface area (Å²) in [6, 6.07) is 18.1. The number of ether oxygens (including phenoxy) is 1. The highest BCUT2D eigenvalue weighted by atomic mass is 16.5. The van der Waals surface area contributed by atoms with E-state index in [4.69, 9.17) is 4.74 Å². The van der Waals surface area contributed by atoms with Gasteiger partial charge in [0.05, 0.1) is 12.8 Å². The van der Waals surface area contributed by atoms with Crippen LogP contribution in [0.15, 0.2) is 54.6 Å². The van der Waals surface area contributed by atoms with Crippen LogP contribution in [0, 0.1) is 0 Å². The Labute approximate surface area is 143 Å². The predicted molar refractivity (Wildman–Crippen MR) is 96.5 cm³/mol. The first-order chi connectivity index (χ1) is 11.8. The highest BCUT2D eigenvalue weighted by molar-refractivity contribution is 5.92. The number of para-hydroxylation sites is 2. The Kier molecular flexibility index (Phi) is 5.49. The number of carbonyl (C=O) groups is 1. The summed E-state index contributed by atoms with van der Waals surface area (Å²) in [6.45, 7) is 2.89. The third-order valence-electron chi connectivity index (χ3n) is 4.58. The lowest BCUT2D eigenvalue weighted by Crippen LogP contribution is -2.25. The summed E-state index contributed by atoms with van der Waals surface area (Å²) >= 11 is 0. The number of nitrogens with one attached hydrogen (secondary N) is 1. The third-order valence-corrected chi connectivity index (χ3v) is 4.58. The number of rotatable bonds is 6. The monoisotopic (exact) mass is 324 g/mol. The van der Waals surface area contributed by atoms with E-state index < -0.39 is 0 Å². The van der Waals surface area contributed by atoms with Crippen molar-refractivity contribution in [3.05, 3.63) is 60.2 Å². The zero-order valence-electron chi connectivity index (χ0n) is 14.1. The number of amides is 1. The molecule has 1 N–H and O–H groups in total. The lowest BCUT2D eigenvalue weighted by Gasteiger charge is -2.16. The second kappa shape index (κ2) is 7.97. The number of hydrogen-bond acceptors (Lipinski definition) is 3. The molecule has 0 bridgehead atoms.